The van der Waals surface area contributed by atoms with Gasteiger partial charge in [-0.1, -0.05) is 36.3 Å². The molecule has 1 aromatic heterocycles. The molecule has 3 rings (SSSR count). The van der Waals surface area contributed by atoms with Crippen LogP contribution in [0.1, 0.15) is 25.7 Å². The van der Waals surface area contributed by atoms with Crippen LogP contribution in [-0.2, 0) is 14.3 Å². The van der Waals surface area contributed by atoms with Gasteiger partial charge in [-0.2, -0.15) is 0 Å². The molecule has 22 heavy (non-hydrogen) atoms. The summed E-state index contributed by atoms with van der Waals surface area (Å²) >= 11 is 1.41. The lowest BCUT2D eigenvalue weighted by molar-refractivity contribution is -0.150. The molecule has 0 bridgehead atoms. The normalized spacial score (nSPS) is 16.6. The van der Waals surface area contributed by atoms with E-state index in [2.05, 4.69) is 10.3 Å². The van der Waals surface area contributed by atoms with E-state index in [9.17, 15) is 9.59 Å². The number of esters is 1. The predicted octanol–water partition coefficient (Wildman–Crippen LogP) is 3.21. The van der Waals surface area contributed by atoms with Crippen LogP contribution < -0.4 is 5.32 Å². The number of benzene rings is 1. The van der Waals surface area contributed by atoms with Gasteiger partial charge in [0.05, 0.1) is 17.3 Å². The van der Waals surface area contributed by atoms with Crippen LogP contribution in [0.2, 0.25) is 0 Å². The minimum absolute atomic E-state index is 0.0711. The number of hydrogen-bond donors (Lipinski definition) is 1. The number of hydrogen-bond acceptors (Lipinski definition) is 5. The van der Waals surface area contributed by atoms with Crippen molar-refractivity contribution in [3.05, 3.63) is 24.3 Å². The van der Waals surface area contributed by atoms with Crippen molar-refractivity contribution in [2.45, 2.75) is 25.7 Å². The molecule has 0 spiro atoms. The first kappa shape index (κ1) is 15.0. The van der Waals surface area contributed by atoms with Crippen molar-refractivity contribution >= 4 is 38.6 Å². The van der Waals surface area contributed by atoms with Gasteiger partial charge in [-0.3, -0.25) is 9.59 Å². The molecule has 1 fully saturated rings. The molecule has 116 valence electrons. The number of thiazole rings is 1. The third-order valence-electron chi connectivity index (χ3n) is 4.13. The lowest BCUT2D eigenvalue weighted by atomic mass is 9.90. The van der Waals surface area contributed by atoms with Gasteiger partial charge in [0.15, 0.2) is 5.13 Å². The molecule has 0 unspecified atom stereocenters. The molecule has 0 aliphatic heterocycles. The van der Waals surface area contributed by atoms with Crippen LogP contribution in [0.15, 0.2) is 24.3 Å². The number of anilines is 1. The second kappa shape index (κ2) is 6.44. The number of fused-ring (bicyclic) bond motifs is 1. The number of amides is 1. The topological polar surface area (TPSA) is 68.3 Å². The molecule has 1 saturated carbocycles. The molecule has 1 N–H and O–H groups in total. The maximum Gasteiger partial charge on any atom is 0.318 e. The Morgan fingerprint density at radius 1 is 1.32 bits per heavy atom. The van der Waals surface area contributed by atoms with Crippen LogP contribution in [0.25, 0.3) is 10.2 Å². The fraction of sp³-hybridized carbons (Fsp3) is 0.438. The summed E-state index contributed by atoms with van der Waals surface area (Å²) in [7, 11) is 1.33. The van der Waals surface area contributed by atoms with Crippen LogP contribution in [0.5, 0.6) is 0 Å². The SMILES string of the molecule is COC(=O)[C@@H](C(=O)Nc1nc2ccccc2s1)C1CCCC1. The Hall–Kier alpha value is -1.95. The number of carbonyl (C=O) groups excluding carboxylic acids is 2. The number of nitrogens with zero attached hydrogens (tertiary/aromatic N) is 1. The molecule has 0 saturated heterocycles. The highest BCUT2D eigenvalue weighted by molar-refractivity contribution is 7.22. The van der Waals surface area contributed by atoms with Crippen molar-refractivity contribution in [3.63, 3.8) is 0 Å². The lowest BCUT2D eigenvalue weighted by Gasteiger charge is -2.19. The van der Waals surface area contributed by atoms with Crippen molar-refractivity contribution in [2.75, 3.05) is 12.4 Å². The van der Waals surface area contributed by atoms with Crippen molar-refractivity contribution in [3.8, 4) is 0 Å². The number of carbonyl (C=O) groups is 2. The summed E-state index contributed by atoms with van der Waals surface area (Å²) in [6.45, 7) is 0. The second-order valence-corrected chi connectivity index (χ2v) is 6.55. The summed E-state index contributed by atoms with van der Waals surface area (Å²) in [6, 6.07) is 7.69. The van der Waals surface area contributed by atoms with Gasteiger partial charge in [0.1, 0.15) is 5.92 Å². The molecule has 0 radical (unpaired) electrons. The molecule has 6 heteroatoms. The van der Waals surface area contributed by atoms with Crippen LogP contribution in [0.3, 0.4) is 0 Å². The van der Waals surface area contributed by atoms with E-state index in [0.29, 0.717) is 5.13 Å². The van der Waals surface area contributed by atoms with E-state index in [1.54, 1.807) is 0 Å². The van der Waals surface area contributed by atoms with Crippen molar-refractivity contribution in [1.29, 1.82) is 0 Å². The van der Waals surface area contributed by atoms with Gasteiger partial charge >= 0.3 is 5.97 Å². The van der Waals surface area contributed by atoms with Crippen LogP contribution >= 0.6 is 11.3 Å². The summed E-state index contributed by atoms with van der Waals surface area (Å²) in [6.07, 6.45) is 3.92. The third-order valence-corrected chi connectivity index (χ3v) is 5.08. The van der Waals surface area contributed by atoms with Crippen LogP contribution in [-0.4, -0.2) is 24.0 Å². The average Bonchev–Trinajstić information content (AvgIpc) is 3.15. The number of nitrogens with one attached hydrogen (secondary N) is 1. The highest BCUT2D eigenvalue weighted by Crippen LogP contribution is 2.33. The zero-order valence-electron chi connectivity index (χ0n) is 12.4. The molecular weight excluding hydrogens is 300 g/mol. The smallest absolute Gasteiger partial charge is 0.318 e. The lowest BCUT2D eigenvalue weighted by Crippen LogP contribution is -2.35. The van der Waals surface area contributed by atoms with E-state index in [1.165, 1.54) is 18.4 Å². The van der Waals surface area contributed by atoms with Gasteiger partial charge in [-0.05, 0) is 30.9 Å². The molecule has 2 aromatic rings. The van der Waals surface area contributed by atoms with Crippen molar-refractivity contribution in [1.82, 2.24) is 4.98 Å². The van der Waals surface area contributed by atoms with Crippen molar-refractivity contribution in [2.24, 2.45) is 11.8 Å². The molecular formula is C16H18N2O3S. The van der Waals surface area contributed by atoms with Gasteiger partial charge in [0, 0.05) is 0 Å². The Labute approximate surface area is 132 Å². The van der Waals surface area contributed by atoms with E-state index in [0.717, 1.165) is 35.9 Å². The number of methoxy groups -OCH3 is 1. The molecule has 1 aliphatic carbocycles. The maximum absolute atomic E-state index is 12.5. The number of aromatic nitrogens is 1. The fourth-order valence-corrected chi connectivity index (χ4v) is 3.91. The van der Waals surface area contributed by atoms with E-state index >= 15 is 0 Å². The van der Waals surface area contributed by atoms with Gasteiger partial charge in [-0.15, -0.1) is 0 Å². The van der Waals surface area contributed by atoms with Crippen molar-refractivity contribution < 1.29 is 14.3 Å². The van der Waals surface area contributed by atoms with Gasteiger partial charge < -0.3 is 10.1 Å². The Morgan fingerprint density at radius 3 is 2.73 bits per heavy atom. The molecule has 5 nitrogen and oxygen atoms in total. The Morgan fingerprint density at radius 2 is 2.05 bits per heavy atom. The zero-order chi connectivity index (χ0) is 15.5. The first-order valence-electron chi connectivity index (χ1n) is 7.43. The molecule has 1 heterocycles. The summed E-state index contributed by atoms with van der Waals surface area (Å²) < 4.78 is 5.83. The molecule has 1 amide bonds. The monoisotopic (exact) mass is 318 g/mol. The Balaban J connectivity index is 1.79. The van der Waals surface area contributed by atoms with Crippen LogP contribution in [0, 0.1) is 11.8 Å². The molecule has 1 aromatic carbocycles. The Kier molecular flexibility index (Phi) is 4.38. The molecule has 1 aliphatic rings. The minimum atomic E-state index is -0.737. The van der Waals surface area contributed by atoms with Gasteiger partial charge in [-0.25, -0.2) is 4.98 Å². The second-order valence-electron chi connectivity index (χ2n) is 5.52. The zero-order valence-corrected chi connectivity index (χ0v) is 13.2. The maximum atomic E-state index is 12.5. The third kappa shape index (κ3) is 2.97. The van der Waals surface area contributed by atoms with E-state index < -0.39 is 11.9 Å². The molecule has 1 atom stereocenters. The van der Waals surface area contributed by atoms with Crippen LogP contribution in [0.4, 0.5) is 5.13 Å². The summed E-state index contributed by atoms with van der Waals surface area (Å²) in [5.74, 6) is -1.43. The highest BCUT2D eigenvalue weighted by Gasteiger charge is 2.37. The summed E-state index contributed by atoms with van der Waals surface area (Å²) in [5, 5.41) is 3.32. The van der Waals surface area contributed by atoms with Gasteiger partial charge in [0.25, 0.3) is 0 Å². The van der Waals surface area contributed by atoms with E-state index in [-0.39, 0.29) is 11.8 Å². The largest absolute Gasteiger partial charge is 0.468 e. The fourth-order valence-electron chi connectivity index (χ4n) is 3.04. The van der Waals surface area contributed by atoms with E-state index in [4.69, 9.17) is 4.74 Å². The number of ether oxygens (including phenoxy) is 1. The number of para-hydroxylation sites is 1. The Bertz CT molecular complexity index is 659. The highest BCUT2D eigenvalue weighted by atomic mass is 32.1. The quantitative estimate of drug-likeness (QED) is 0.694. The standard InChI is InChI=1S/C16H18N2O3S/c1-21-15(20)13(10-6-2-3-7-10)14(19)18-16-17-11-8-4-5-9-12(11)22-16/h4-5,8-10,13H,2-3,6-7H2,1H3,(H,17,18,19)/t13-/m1/s1. The summed E-state index contributed by atoms with van der Waals surface area (Å²) in [5.41, 5.74) is 0.846. The van der Waals surface area contributed by atoms with E-state index in [1.807, 2.05) is 24.3 Å². The van der Waals surface area contributed by atoms with Gasteiger partial charge in [0.2, 0.25) is 5.91 Å². The number of rotatable bonds is 4. The summed E-state index contributed by atoms with van der Waals surface area (Å²) in [4.78, 5) is 28.9. The first-order chi connectivity index (χ1) is 10.7. The first-order valence-corrected chi connectivity index (χ1v) is 8.25. The minimum Gasteiger partial charge on any atom is -0.468 e. The average molecular weight is 318 g/mol. The predicted molar refractivity (Wildman–Crippen MR) is 85.7 cm³/mol.